The predicted octanol–water partition coefficient (Wildman–Crippen LogP) is 3.76. The second-order valence-electron chi connectivity index (χ2n) is 13.3. The highest BCUT2D eigenvalue weighted by Gasteiger charge is 2.50. The number of urea groups is 1. The number of benzene rings is 2. The molecule has 4 aliphatic rings. The standard InChI is InChI=1S/C34H34F3N7O5/c1-2-21-24(36)5-4-18-10-20(45)11-22(25(18)21)27-26(37)28-23(13-38-27)29(43-8-9-48-17-34(15-43)30(46)41-31(47)42-34)40-32(39-28)49-16-33-6-3-7-44(33)14-19(35)12-33/h4-5,10-11,13,19,45H,2-3,6-9,12,14-17H2,1H3,(H2,41,42,46,47)/t19-,33+,34?/m1/s1. The van der Waals surface area contributed by atoms with E-state index in [2.05, 4.69) is 30.5 Å². The van der Waals surface area contributed by atoms with Gasteiger partial charge in [-0.05, 0) is 60.3 Å². The highest BCUT2D eigenvalue weighted by molar-refractivity contribution is 6.08. The second kappa shape index (κ2) is 11.7. The average Bonchev–Trinajstić information content (AvgIpc) is 3.62. The van der Waals surface area contributed by atoms with E-state index in [-0.39, 0.29) is 72.6 Å². The van der Waals surface area contributed by atoms with E-state index in [0.29, 0.717) is 35.7 Å². The third-order valence-electron chi connectivity index (χ3n) is 10.3. The minimum absolute atomic E-state index is 0.0585. The highest BCUT2D eigenvalue weighted by atomic mass is 19.1. The lowest BCUT2D eigenvalue weighted by Gasteiger charge is -2.32. The lowest BCUT2D eigenvalue weighted by atomic mass is 9.94. The zero-order valence-electron chi connectivity index (χ0n) is 26.7. The molecule has 3 amide bonds. The van der Waals surface area contributed by atoms with Crippen LogP contribution in [-0.4, -0.2) is 100 Å². The van der Waals surface area contributed by atoms with Crippen molar-refractivity contribution >= 4 is 39.4 Å². The maximum absolute atomic E-state index is 17.0. The second-order valence-corrected chi connectivity index (χ2v) is 13.3. The quantitative estimate of drug-likeness (QED) is 0.259. The van der Waals surface area contributed by atoms with Crippen molar-refractivity contribution in [1.82, 2.24) is 30.5 Å². The molecule has 2 aromatic carbocycles. The SMILES string of the molecule is CCc1c(F)ccc2cc(O)cc(-c3ncc4c(N5CCOCC6(C5)NC(=O)NC6=O)nc(OC[C@@]56CCCN5C[C@H](F)C6)nc4c3F)c12. The predicted molar refractivity (Wildman–Crippen MR) is 172 cm³/mol. The number of pyridine rings is 1. The van der Waals surface area contributed by atoms with Crippen molar-refractivity contribution < 1.29 is 37.3 Å². The Labute approximate surface area is 278 Å². The Hall–Kier alpha value is -4.76. The van der Waals surface area contributed by atoms with Crippen molar-refractivity contribution in [3.8, 4) is 23.0 Å². The van der Waals surface area contributed by atoms with Crippen LogP contribution in [0.15, 0.2) is 30.5 Å². The number of ether oxygens (including phenoxy) is 2. The summed E-state index contributed by atoms with van der Waals surface area (Å²) in [4.78, 5) is 42.6. The van der Waals surface area contributed by atoms with Crippen LogP contribution in [0.2, 0.25) is 0 Å². The molecule has 1 spiro atoms. The summed E-state index contributed by atoms with van der Waals surface area (Å²) >= 11 is 0. The average molecular weight is 678 g/mol. The lowest BCUT2D eigenvalue weighted by molar-refractivity contribution is -0.125. The van der Waals surface area contributed by atoms with Gasteiger partial charge in [0.25, 0.3) is 5.91 Å². The van der Waals surface area contributed by atoms with E-state index in [1.54, 1.807) is 11.8 Å². The number of alkyl halides is 1. The molecule has 1 unspecified atom stereocenters. The maximum atomic E-state index is 17.0. The van der Waals surface area contributed by atoms with Crippen molar-refractivity contribution in [2.75, 3.05) is 50.9 Å². The van der Waals surface area contributed by atoms with Crippen LogP contribution in [0.4, 0.5) is 23.8 Å². The number of rotatable bonds is 6. The van der Waals surface area contributed by atoms with Gasteiger partial charge in [0.15, 0.2) is 11.4 Å². The Bertz CT molecular complexity index is 2030. The van der Waals surface area contributed by atoms with E-state index in [4.69, 9.17) is 9.47 Å². The van der Waals surface area contributed by atoms with Gasteiger partial charge in [-0.3, -0.25) is 20.0 Å². The summed E-state index contributed by atoms with van der Waals surface area (Å²) in [7, 11) is 0. The molecule has 2 aromatic heterocycles. The number of anilines is 1. The monoisotopic (exact) mass is 677 g/mol. The van der Waals surface area contributed by atoms with E-state index in [1.807, 2.05) is 0 Å². The molecule has 8 rings (SSSR count). The number of aryl methyl sites for hydroxylation is 1. The fraction of sp³-hybridized carbons (Fsp3) is 0.441. The van der Waals surface area contributed by atoms with E-state index in [1.165, 1.54) is 30.5 Å². The number of fused-ring (bicyclic) bond motifs is 3. The van der Waals surface area contributed by atoms with Gasteiger partial charge in [-0.15, -0.1) is 0 Å². The molecule has 49 heavy (non-hydrogen) atoms. The number of halogens is 3. The topological polar surface area (TPSA) is 142 Å². The Morgan fingerprint density at radius 1 is 1.18 bits per heavy atom. The normalized spacial score (nSPS) is 25.6. The van der Waals surface area contributed by atoms with Gasteiger partial charge in [-0.2, -0.15) is 9.97 Å². The summed E-state index contributed by atoms with van der Waals surface area (Å²) in [5.41, 5.74) is -1.77. The number of imide groups is 1. The highest BCUT2D eigenvalue weighted by Crippen LogP contribution is 2.42. The number of nitrogens with zero attached hydrogens (tertiary/aromatic N) is 5. The summed E-state index contributed by atoms with van der Waals surface area (Å²) in [6.07, 6.45) is 2.64. The fourth-order valence-electron chi connectivity index (χ4n) is 7.99. The van der Waals surface area contributed by atoms with E-state index in [0.717, 1.165) is 19.4 Å². The molecule has 4 saturated heterocycles. The van der Waals surface area contributed by atoms with Gasteiger partial charge in [0.05, 0.1) is 30.7 Å². The smallest absolute Gasteiger partial charge is 0.322 e. The van der Waals surface area contributed by atoms with Crippen molar-refractivity contribution in [3.63, 3.8) is 0 Å². The van der Waals surface area contributed by atoms with Crippen LogP contribution < -0.4 is 20.3 Å². The minimum atomic E-state index is -1.43. The van der Waals surface area contributed by atoms with Gasteiger partial charge in [0.2, 0.25) is 0 Å². The molecule has 6 heterocycles. The van der Waals surface area contributed by atoms with Crippen molar-refractivity contribution in [1.29, 1.82) is 0 Å². The first kappa shape index (κ1) is 31.5. The summed E-state index contributed by atoms with van der Waals surface area (Å²) in [6.45, 7) is 3.17. The summed E-state index contributed by atoms with van der Waals surface area (Å²) < 4.78 is 58.4. The maximum Gasteiger partial charge on any atom is 0.322 e. The number of amides is 3. The number of phenols is 1. The van der Waals surface area contributed by atoms with Crippen LogP contribution in [0.1, 0.15) is 31.7 Å². The number of hydrogen-bond donors (Lipinski definition) is 3. The third kappa shape index (κ3) is 5.17. The largest absolute Gasteiger partial charge is 0.508 e. The molecule has 4 aliphatic heterocycles. The van der Waals surface area contributed by atoms with Crippen LogP contribution in [-0.2, 0) is 16.0 Å². The Morgan fingerprint density at radius 3 is 2.84 bits per heavy atom. The van der Waals surface area contributed by atoms with Gasteiger partial charge in [0, 0.05) is 31.3 Å². The Balaban J connectivity index is 1.28. The summed E-state index contributed by atoms with van der Waals surface area (Å²) in [5, 5.41) is 16.6. The number of aromatic hydroxyl groups is 1. The number of carbonyl (C=O) groups excluding carboxylic acids is 2. The first-order chi connectivity index (χ1) is 23.6. The van der Waals surface area contributed by atoms with Crippen molar-refractivity contribution in [3.05, 3.63) is 47.7 Å². The molecule has 15 heteroatoms. The molecule has 0 bridgehead atoms. The van der Waals surface area contributed by atoms with Crippen LogP contribution in [0, 0.1) is 11.6 Å². The Morgan fingerprint density at radius 2 is 2.04 bits per heavy atom. The Kier molecular flexibility index (Phi) is 7.52. The summed E-state index contributed by atoms with van der Waals surface area (Å²) in [6, 6.07) is 4.83. The van der Waals surface area contributed by atoms with E-state index in [9.17, 15) is 19.1 Å². The first-order valence-electron chi connectivity index (χ1n) is 16.4. The van der Waals surface area contributed by atoms with Gasteiger partial charge in [-0.25, -0.2) is 18.0 Å². The van der Waals surface area contributed by atoms with E-state index >= 15 is 8.78 Å². The van der Waals surface area contributed by atoms with Crippen molar-refractivity contribution in [2.24, 2.45) is 0 Å². The van der Waals surface area contributed by atoms with Gasteiger partial charge >= 0.3 is 12.0 Å². The number of phenolic OH excluding ortho intramolecular Hbond substituents is 1. The molecule has 3 N–H and O–H groups in total. The molecule has 4 fully saturated rings. The molecule has 0 aliphatic carbocycles. The molecule has 256 valence electrons. The molecular weight excluding hydrogens is 643 g/mol. The van der Waals surface area contributed by atoms with Crippen LogP contribution >= 0.6 is 0 Å². The van der Waals surface area contributed by atoms with Crippen LogP contribution in [0.3, 0.4) is 0 Å². The molecular formula is C34H34F3N7O5. The van der Waals surface area contributed by atoms with Gasteiger partial charge in [0.1, 0.15) is 41.4 Å². The number of aromatic nitrogens is 3. The van der Waals surface area contributed by atoms with Crippen molar-refractivity contribution in [2.45, 2.75) is 49.9 Å². The molecule has 0 radical (unpaired) electrons. The number of carbonyl (C=O) groups is 2. The molecule has 12 nitrogen and oxygen atoms in total. The zero-order chi connectivity index (χ0) is 34.1. The fourth-order valence-corrected chi connectivity index (χ4v) is 7.99. The first-order valence-corrected chi connectivity index (χ1v) is 16.4. The third-order valence-corrected chi connectivity index (χ3v) is 10.3. The van der Waals surface area contributed by atoms with Crippen LogP contribution in [0.5, 0.6) is 11.8 Å². The molecule has 0 saturated carbocycles. The van der Waals surface area contributed by atoms with Gasteiger partial charge in [-0.1, -0.05) is 13.0 Å². The molecule has 3 atom stereocenters. The zero-order valence-corrected chi connectivity index (χ0v) is 26.7. The molecule has 4 aromatic rings. The number of nitrogens with one attached hydrogen (secondary N) is 2. The minimum Gasteiger partial charge on any atom is -0.508 e. The van der Waals surface area contributed by atoms with Crippen LogP contribution in [0.25, 0.3) is 32.9 Å². The van der Waals surface area contributed by atoms with E-state index < -0.39 is 40.8 Å². The number of hydrogen-bond acceptors (Lipinski definition) is 10. The summed E-state index contributed by atoms with van der Waals surface area (Å²) in [5.74, 6) is -1.86. The lowest BCUT2D eigenvalue weighted by Crippen LogP contribution is -2.57. The van der Waals surface area contributed by atoms with Gasteiger partial charge < -0.3 is 24.8 Å².